The van der Waals surface area contributed by atoms with Crippen molar-refractivity contribution in [1.82, 2.24) is 5.32 Å². The molecule has 3 nitrogen and oxygen atoms in total. The van der Waals surface area contributed by atoms with Crippen molar-refractivity contribution in [2.75, 3.05) is 0 Å². The van der Waals surface area contributed by atoms with Gasteiger partial charge in [0, 0.05) is 6.04 Å². The monoisotopic (exact) mass is 261 g/mol. The average Bonchev–Trinajstić information content (AvgIpc) is 3.12. The standard InChI is InChI=1S/C16H23NO2/c1-11(15(18)17-12-9-10-12)19-14-8-6-5-7-13(14)16(2,3)4/h5-8,11-12H,9-10H2,1-4H3,(H,17,18). The number of carbonyl (C=O) groups excluding carboxylic acids is 1. The highest BCUT2D eigenvalue weighted by Crippen LogP contribution is 2.31. The number of rotatable bonds is 4. The zero-order valence-corrected chi connectivity index (χ0v) is 12.2. The molecule has 0 bridgehead atoms. The first-order chi connectivity index (χ1) is 8.88. The van der Waals surface area contributed by atoms with Gasteiger partial charge in [0.1, 0.15) is 5.75 Å². The summed E-state index contributed by atoms with van der Waals surface area (Å²) in [5.41, 5.74) is 1.13. The molecule has 0 radical (unpaired) electrons. The first-order valence-corrected chi connectivity index (χ1v) is 6.94. The molecule has 3 heteroatoms. The molecule has 1 atom stereocenters. The third-order valence-corrected chi connectivity index (χ3v) is 3.29. The number of ether oxygens (including phenoxy) is 1. The largest absolute Gasteiger partial charge is 0.481 e. The van der Waals surface area contributed by atoms with Crippen LogP contribution in [0.4, 0.5) is 0 Å². The van der Waals surface area contributed by atoms with Crippen LogP contribution in [0.3, 0.4) is 0 Å². The van der Waals surface area contributed by atoms with Gasteiger partial charge in [-0.25, -0.2) is 0 Å². The van der Waals surface area contributed by atoms with Crippen molar-refractivity contribution < 1.29 is 9.53 Å². The molecule has 0 heterocycles. The summed E-state index contributed by atoms with van der Waals surface area (Å²) in [5, 5.41) is 2.97. The van der Waals surface area contributed by atoms with Crippen molar-refractivity contribution in [2.45, 2.75) is 58.1 Å². The Bertz CT molecular complexity index is 458. The molecule has 1 saturated carbocycles. The Labute approximate surface area is 115 Å². The normalized spacial score (nSPS) is 16.8. The van der Waals surface area contributed by atoms with Gasteiger partial charge >= 0.3 is 0 Å². The van der Waals surface area contributed by atoms with Crippen LogP contribution in [-0.4, -0.2) is 18.1 Å². The van der Waals surface area contributed by atoms with Crippen molar-refractivity contribution in [3.63, 3.8) is 0 Å². The number of hydrogen-bond donors (Lipinski definition) is 1. The lowest BCUT2D eigenvalue weighted by molar-refractivity contribution is -0.127. The Morgan fingerprint density at radius 3 is 2.53 bits per heavy atom. The summed E-state index contributed by atoms with van der Waals surface area (Å²) >= 11 is 0. The molecule has 0 spiro atoms. The van der Waals surface area contributed by atoms with Gasteiger partial charge in [0.05, 0.1) is 0 Å². The van der Waals surface area contributed by atoms with E-state index in [2.05, 4.69) is 32.2 Å². The van der Waals surface area contributed by atoms with Crippen LogP contribution in [0.15, 0.2) is 24.3 Å². The fourth-order valence-corrected chi connectivity index (χ4v) is 1.98. The third kappa shape index (κ3) is 3.72. The molecule has 1 aliphatic rings. The van der Waals surface area contributed by atoms with Crippen LogP contribution < -0.4 is 10.1 Å². The molecule has 1 amide bonds. The lowest BCUT2D eigenvalue weighted by Gasteiger charge is -2.24. The summed E-state index contributed by atoms with van der Waals surface area (Å²) in [7, 11) is 0. The molecule has 2 rings (SSSR count). The molecule has 1 aromatic carbocycles. The number of carbonyl (C=O) groups is 1. The number of para-hydroxylation sites is 1. The maximum Gasteiger partial charge on any atom is 0.260 e. The lowest BCUT2D eigenvalue weighted by Crippen LogP contribution is -2.37. The van der Waals surface area contributed by atoms with Crippen molar-refractivity contribution in [3.8, 4) is 5.75 Å². The second kappa shape index (κ2) is 5.24. The molecule has 1 fully saturated rings. The van der Waals surface area contributed by atoms with E-state index < -0.39 is 6.10 Å². The number of nitrogens with one attached hydrogen (secondary N) is 1. The summed E-state index contributed by atoms with van der Waals surface area (Å²) in [6, 6.07) is 8.30. The maximum atomic E-state index is 11.9. The van der Waals surface area contributed by atoms with Gasteiger partial charge in [-0.05, 0) is 36.8 Å². The summed E-state index contributed by atoms with van der Waals surface area (Å²) in [6.45, 7) is 8.23. The molecular weight excluding hydrogens is 238 g/mol. The molecular formula is C16H23NO2. The van der Waals surface area contributed by atoms with E-state index in [4.69, 9.17) is 4.74 Å². The van der Waals surface area contributed by atoms with E-state index >= 15 is 0 Å². The smallest absolute Gasteiger partial charge is 0.260 e. The van der Waals surface area contributed by atoms with E-state index in [0.29, 0.717) is 6.04 Å². The Hall–Kier alpha value is -1.51. The zero-order valence-electron chi connectivity index (χ0n) is 12.2. The van der Waals surface area contributed by atoms with Crippen molar-refractivity contribution >= 4 is 5.91 Å². The summed E-state index contributed by atoms with van der Waals surface area (Å²) in [4.78, 5) is 11.9. The second-order valence-corrected chi connectivity index (χ2v) is 6.29. The van der Waals surface area contributed by atoms with E-state index in [1.807, 2.05) is 18.2 Å². The van der Waals surface area contributed by atoms with E-state index in [1.54, 1.807) is 6.92 Å². The van der Waals surface area contributed by atoms with Crippen LogP contribution in [0.25, 0.3) is 0 Å². The molecule has 19 heavy (non-hydrogen) atoms. The van der Waals surface area contributed by atoms with Crippen LogP contribution in [0.5, 0.6) is 5.75 Å². The predicted molar refractivity (Wildman–Crippen MR) is 76.4 cm³/mol. The molecule has 1 aromatic rings. The molecule has 0 aliphatic heterocycles. The summed E-state index contributed by atoms with van der Waals surface area (Å²) in [6.07, 6.45) is 1.73. The van der Waals surface area contributed by atoms with Gasteiger partial charge in [-0.1, -0.05) is 39.0 Å². The zero-order chi connectivity index (χ0) is 14.0. The number of hydrogen-bond acceptors (Lipinski definition) is 2. The van der Waals surface area contributed by atoms with Crippen molar-refractivity contribution in [2.24, 2.45) is 0 Å². The Morgan fingerprint density at radius 2 is 1.95 bits per heavy atom. The maximum absolute atomic E-state index is 11.9. The first kappa shape index (κ1) is 13.9. The van der Waals surface area contributed by atoms with Gasteiger partial charge in [0.2, 0.25) is 0 Å². The molecule has 0 aromatic heterocycles. The molecule has 1 unspecified atom stereocenters. The van der Waals surface area contributed by atoms with Crippen LogP contribution in [0, 0.1) is 0 Å². The van der Waals surface area contributed by atoms with Crippen molar-refractivity contribution in [3.05, 3.63) is 29.8 Å². The van der Waals surface area contributed by atoms with Gasteiger partial charge in [0.15, 0.2) is 6.10 Å². The van der Waals surface area contributed by atoms with Gasteiger partial charge in [0.25, 0.3) is 5.91 Å². The molecule has 1 aliphatic carbocycles. The van der Waals surface area contributed by atoms with Crippen molar-refractivity contribution in [1.29, 1.82) is 0 Å². The third-order valence-electron chi connectivity index (χ3n) is 3.29. The highest BCUT2D eigenvalue weighted by Gasteiger charge is 2.27. The van der Waals surface area contributed by atoms with Crippen LogP contribution in [0.1, 0.15) is 46.1 Å². The summed E-state index contributed by atoms with van der Waals surface area (Å²) in [5.74, 6) is 0.777. The minimum absolute atomic E-state index is 0.00326. The topological polar surface area (TPSA) is 38.3 Å². The summed E-state index contributed by atoms with van der Waals surface area (Å²) < 4.78 is 5.85. The Balaban J connectivity index is 2.07. The fourth-order valence-electron chi connectivity index (χ4n) is 1.98. The van der Waals surface area contributed by atoms with Gasteiger partial charge in [-0.15, -0.1) is 0 Å². The Morgan fingerprint density at radius 1 is 1.32 bits per heavy atom. The van der Waals surface area contributed by atoms with Gasteiger partial charge < -0.3 is 10.1 Å². The molecule has 104 valence electrons. The van der Waals surface area contributed by atoms with E-state index in [-0.39, 0.29) is 11.3 Å². The van der Waals surface area contributed by atoms with E-state index in [1.165, 1.54) is 0 Å². The quantitative estimate of drug-likeness (QED) is 0.904. The number of benzene rings is 1. The SMILES string of the molecule is CC(Oc1ccccc1C(C)(C)C)C(=O)NC1CC1. The number of amides is 1. The molecule has 0 saturated heterocycles. The van der Waals surface area contributed by atoms with Crippen LogP contribution in [-0.2, 0) is 10.2 Å². The van der Waals surface area contributed by atoms with Crippen LogP contribution in [0.2, 0.25) is 0 Å². The van der Waals surface area contributed by atoms with Crippen LogP contribution >= 0.6 is 0 Å². The predicted octanol–water partition coefficient (Wildman–Crippen LogP) is 3.03. The lowest BCUT2D eigenvalue weighted by atomic mass is 9.86. The first-order valence-electron chi connectivity index (χ1n) is 6.94. The highest BCUT2D eigenvalue weighted by molar-refractivity contribution is 5.81. The highest BCUT2D eigenvalue weighted by atomic mass is 16.5. The van der Waals surface area contributed by atoms with E-state index in [0.717, 1.165) is 24.2 Å². The fraction of sp³-hybridized carbons (Fsp3) is 0.562. The minimum Gasteiger partial charge on any atom is -0.481 e. The van der Waals surface area contributed by atoms with Gasteiger partial charge in [-0.2, -0.15) is 0 Å². The molecule has 1 N–H and O–H groups in total. The second-order valence-electron chi connectivity index (χ2n) is 6.29. The average molecular weight is 261 g/mol. The minimum atomic E-state index is -0.455. The van der Waals surface area contributed by atoms with Gasteiger partial charge in [-0.3, -0.25) is 4.79 Å². The van der Waals surface area contributed by atoms with E-state index in [9.17, 15) is 4.79 Å². The Kier molecular flexibility index (Phi) is 3.83.